The molecular formula is C17H28N2O5S. The molecule has 0 heterocycles. The van der Waals surface area contributed by atoms with E-state index in [1.807, 2.05) is 13.8 Å². The molecule has 0 aliphatic heterocycles. The summed E-state index contributed by atoms with van der Waals surface area (Å²) in [4.78, 5) is 12.7. The molecule has 0 spiro atoms. The number of anilines is 1. The van der Waals surface area contributed by atoms with E-state index in [9.17, 15) is 13.2 Å². The van der Waals surface area contributed by atoms with E-state index >= 15 is 0 Å². The summed E-state index contributed by atoms with van der Waals surface area (Å²) in [6.45, 7) is 5.85. The summed E-state index contributed by atoms with van der Waals surface area (Å²) in [6, 6.07) is 3.01. The maximum Gasteiger partial charge on any atom is 0.253 e. The number of carbonyl (C=O) groups excluding carboxylic acids is 1. The second-order valence-corrected chi connectivity index (χ2v) is 7.72. The van der Waals surface area contributed by atoms with Crippen LogP contribution < -0.4 is 19.1 Å². The van der Waals surface area contributed by atoms with Gasteiger partial charge >= 0.3 is 0 Å². The van der Waals surface area contributed by atoms with Crippen molar-refractivity contribution in [1.82, 2.24) is 5.32 Å². The van der Waals surface area contributed by atoms with Crippen LogP contribution in [0, 0.1) is 0 Å². The minimum atomic E-state index is -3.55. The highest BCUT2D eigenvalue weighted by Gasteiger charge is 2.25. The summed E-state index contributed by atoms with van der Waals surface area (Å²) < 4.78 is 36.0. The molecule has 1 atom stereocenters. The highest BCUT2D eigenvalue weighted by molar-refractivity contribution is 7.92. The van der Waals surface area contributed by atoms with E-state index in [4.69, 9.17) is 9.47 Å². The van der Waals surface area contributed by atoms with E-state index in [2.05, 4.69) is 5.32 Å². The Morgan fingerprint density at radius 2 is 1.76 bits per heavy atom. The second kappa shape index (κ2) is 8.94. The largest absolute Gasteiger partial charge is 0.493 e. The Kier molecular flexibility index (Phi) is 7.54. The summed E-state index contributed by atoms with van der Waals surface area (Å²) in [7, 11) is -0.625. The predicted octanol–water partition coefficient (Wildman–Crippen LogP) is 2.41. The van der Waals surface area contributed by atoms with Gasteiger partial charge in [0.1, 0.15) is 0 Å². The molecular weight excluding hydrogens is 344 g/mol. The lowest BCUT2D eigenvalue weighted by atomic mass is 10.1. The van der Waals surface area contributed by atoms with Crippen LogP contribution in [0.15, 0.2) is 12.1 Å². The molecule has 0 aromatic heterocycles. The molecule has 7 nitrogen and oxygen atoms in total. The highest BCUT2D eigenvalue weighted by Crippen LogP contribution is 2.36. The van der Waals surface area contributed by atoms with Crippen LogP contribution in [0.25, 0.3) is 0 Å². The van der Waals surface area contributed by atoms with Gasteiger partial charge < -0.3 is 14.8 Å². The Morgan fingerprint density at radius 1 is 1.20 bits per heavy atom. The van der Waals surface area contributed by atoms with Gasteiger partial charge in [-0.05, 0) is 26.3 Å². The summed E-state index contributed by atoms with van der Waals surface area (Å²) >= 11 is 0. The van der Waals surface area contributed by atoms with Gasteiger partial charge in [-0.25, -0.2) is 8.42 Å². The minimum absolute atomic E-state index is 0.0215. The summed E-state index contributed by atoms with van der Waals surface area (Å²) in [5, 5.41) is 2.90. The summed E-state index contributed by atoms with van der Waals surface area (Å²) in [5.41, 5.74) is 0.497. The van der Waals surface area contributed by atoms with E-state index in [1.54, 1.807) is 6.92 Å². The third-order valence-electron chi connectivity index (χ3n) is 3.80. The van der Waals surface area contributed by atoms with Crippen LogP contribution in [-0.4, -0.2) is 47.4 Å². The van der Waals surface area contributed by atoms with Gasteiger partial charge in [0, 0.05) is 18.7 Å². The summed E-state index contributed by atoms with van der Waals surface area (Å²) in [6.07, 6.45) is 2.87. The van der Waals surface area contributed by atoms with Gasteiger partial charge in [0.25, 0.3) is 5.91 Å². The van der Waals surface area contributed by atoms with Crippen molar-refractivity contribution in [1.29, 1.82) is 0 Å². The lowest BCUT2D eigenvalue weighted by molar-refractivity contribution is 0.0938. The smallest absolute Gasteiger partial charge is 0.253 e. The SMILES string of the molecule is CCCC(C)NC(=O)c1cc(OC)c(OC)cc1N(CC)S(C)(=O)=O. The zero-order chi connectivity index (χ0) is 19.2. The Hall–Kier alpha value is -1.96. The first kappa shape index (κ1) is 21.1. The van der Waals surface area contributed by atoms with Gasteiger partial charge in [0.2, 0.25) is 10.0 Å². The molecule has 0 aliphatic carbocycles. The first-order valence-corrected chi connectivity index (χ1v) is 10.1. The van der Waals surface area contributed by atoms with Crippen molar-refractivity contribution in [3.05, 3.63) is 17.7 Å². The number of methoxy groups -OCH3 is 2. The second-order valence-electron chi connectivity index (χ2n) is 5.82. The number of benzene rings is 1. The molecule has 1 unspecified atom stereocenters. The number of ether oxygens (including phenoxy) is 2. The van der Waals surface area contributed by atoms with Gasteiger partial charge in [-0.15, -0.1) is 0 Å². The highest BCUT2D eigenvalue weighted by atomic mass is 32.2. The predicted molar refractivity (Wildman–Crippen MR) is 99.2 cm³/mol. The lowest BCUT2D eigenvalue weighted by Gasteiger charge is -2.25. The van der Waals surface area contributed by atoms with Crippen LogP contribution in [0.2, 0.25) is 0 Å². The van der Waals surface area contributed by atoms with Crippen LogP contribution in [0.3, 0.4) is 0 Å². The molecule has 8 heteroatoms. The van der Waals surface area contributed by atoms with Crippen molar-refractivity contribution in [3.63, 3.8) is 0 Å². The fraction of sp³-hybridized carbons (Fsp3) is 0.588. The van der Waals surface area contributed by atoms with Crippen molar-refractivity contribution < 1.29 is 22.7 Å². The Bertz CT molecular complexity index is 703. The average Bonchev–Trinajstić information content (AvgIpc) is 2.53. The molecule has 0 radical (unpaired) electrons. The van der Waals surface area contributed by atoms with Crippen molar-refractivity contribution in [2.24, 2.45) is 0 Å². The zero-order valence-electron chi connectivity index (χ0n) is 15.8. The van der Waals surface area contributed by atoms with Crippen LogP contribution >= 0.6 is 0 Å². The van der Waals surface area contributed by atoms with E-state index in [1.165, 1.54) is 30.7 Å². The average molecular weight is 372 g/mol. The van der Waals surface area contributed by atoms with Gasteiger partial charge in [-0.2, -0.15) is 0 Å². The molecule has 1 aromatic rings. The van der Waals surface area contributed by atoms with Gasteiger partial charge in [-0.1, -0.05) is 13.3 Å². The molecule has 25 heavy (non-hydrogen) atoms. The molecule has 1 aromatic carbocycles. The number of carbonyl (C=O) groups is 1. The number of nitrogens with zero attached hydrogens (tertiary/aromatic N) is 1. The van der Waals surface area contributed by atoms with Gasteiger partial charge in [0.15, 0.2) is 11.5 Å². The van der Waals surface area contributed by atoms with E-state index in [0.717, 1.165) is 19.1 Å². The van der Waals surface area contributed by atoms with E-state index in [-0.39, 0.29) is 29.7 Å². The molecule has 0 aliphatic rings. The normalized spacial score (nSPS) is 12.4. The van der Waals surface area contributed by atoms with Crippen LogP contribution in [-0.2, 0) is 10.0 Å². The maximum atomic E-state index is 12.7. The van der Waals surface area contributed by atoms with Crippen LogP contribution in [0.1, 0.15) is 44.0 Å². The molecule has 0 bridgehead atoms. The topological polar surface area (TPSA) is 84.9 Å². The fourth-order valence-electron chi connectivity index (χ4n) is 2.65. The third-order valence-corrected chi connectivity index (χ3v) is 5.06. The number of hydrogen-bond acceptors (Lipinski definition) is 5. The third kappa shape index (κ3) is 5.26. The Balaban J connectivity index is 3.49. The quantitative estimate of drug-likeness (QED) is 0.719. The molecule has 1 N–H and O–H groups in total. The van der Waals surface area contributed by atoms with Crippen LogP contribution in [0.5, 0.6) is 11.5 Å². The molecule has 1 amide bonds. The van der Waals surface area contributed by atoms with Gasteiger partial charge in [-0.3, -0.25) is 9.10 Å². The summed E-state index contributed by atoms with van der Waals surface area (Å²) in [5.74, 6) is 0.376. The minimum Gasteiger partial charge on any atom is -0.493 e. The lowest BCUT2D eigenvalue weighted by Crippen LogP contribution is -2.36. The van der Waals surface area contributed by atoms with E-state index < -0.39 is 10.0 Å². The number of hydrogen-bond donors (Lipinski definition) is 1. The zero-order valence-corrected chi connectivity index (χ0v) is 16.6. The molecule has 0 saturated carbocycles. The first-order chi connectivity index (χ1) is 11.7. The Morgan fingerprint density at radius 3 is 2.20 bits per heavy atom. The van der Waals surface area contributed by atoms with Crippen molar-refractivity contribution in [3.8, 4) is 11.5 Å². The number of amides is 1. The van der Waals surface area contributed by atoms with E-state index in [0.29, 0.717) is 11.5 Å². The molecule has 142 valence electrons. The number of sulfonamides is 1. The number of rotatable bonds is 9. The monoisotopic (exact) mass is 372 g/mol. The fourth-order valence-corrected chi connectivity index (χ4v) is 3.62. The maximum absolute atomic E-state index is 12.7. The molecule has 1 rings (SSSR count). The van der Waals surface area contributed by atoms with Crippen LogP contribution in [0.4, 0.5) is 5.69 Å². The van der Waals surface area contributed by atoms with Crippen molar-refractivity contribution in [2.75, 3.05) is 31.3 Å². The molecule has 0 saturated heterocycles. The van der Waals surface area contributed by atoms with Gasteiger partial charge in [0.05, 0.1) is 31.7 Å². The molecule has 0 fully saturated rings. The Labute approximate surface area is 150 Å². The first-order valence-electron chi connectivity index (χ1n) is 8.24. The van der Waals surface area contributed by atoms with Crippen molar-refractivity contribution >= 4 is 21.6 Å². The van der Waals surface area contributed by atoms with Crippen molar-refractivity contribution in [2.45, 2.75) is 39.7 Å². The standard InChI is InChI=1S/C17H28N2O5S/c1-7-9-12(3)18-17(20)13-10-15(23-4)16(24-5)11-14(13)19(8-2)25(6,21)22/h10-12H,7-9H2,1-6H3,(H,18,20). The number of nitrogens with one attached hydrogen (secondary N) is 1.